The quantitative estimate of drug-likeness (QED) is 0.259. The number of fused-ring (bicyclic) bond motifs is 2. The molecule has 0 radical (unpaired) electrons. The lowest BCUT2D eigenvalue weighted by atomic mass is 9.99. The first-order valence-electron chi connectivity index (χ1n) is 8.68. The molecule has 4 rings (SSSR count). The fourth-order valence-corrected chi connectivity index (χ4v) is 3.59. The molecular weight excluding hydrogens is 348 g/mol. The third kappa shape index (κ3) is 2.61. The maximum absolute atomic E-state index is 12.5. The molecule has 0 spiro atoms. The number of nitrogens with zero attached hydrogens (tertiary/aromatic N) is 2. The van der Waals surface area contributed by atoms with E-state index in [9.17, 15) is 15.0 Å². The van der Waals surface area contributed by atoms with Crippen molar-refractivity contribution in [3.05, 3.63) is 39.8 Å². The van der Waals surface area contributed by atoms with Crippen molar-refractivity contribution in [2.24, 2.45) is 12.0 Å². The van der Waals surface area contributed by atoms with Crippen molar-refractivity contribution in [3.8, 4) is 11.5 Å². The van der Waals surface area contributed by atoms with E-state index in [1.807, 2.05) is 13.1 Å². The number of aryl methyl sites for hydroxylation is 1. The average molecular weight is 368 g/mol. The number of nitrogens with one attached hydrogen (secondary N) is 2. The lowest BCUT2D eigenvalue weighted by Gasteiger charge is -2.08. The van der Waals surface area contributed by atoms with Gasteiger partial charge in [0.2, 0.25) is 0 Å². The summed E-state index contributed by atoms with van der Waals surface area (Å²) >= 11 is 0. The highest BCUT2D eigenvalue weighted by Gasteiger charge is 2.21. The van der Waals surface area contributed by atoms with Gasteiger partial charge in [-0.1, -0.05) is 0 Å². The standard InChI is InChI=1S/C19H20N4O4/c1-23-11-3-2-10(21-7-6-20-8-9-24)14-15(11)18(22-23)16-12(25)4-5-13(26)17(16)19(14)27/h2-5,20,22,24,26-27H,6-9H2,1H3. The molecule has 0 atom stereocenters. The Morgan fingerprint density at radius 2 is 1.89 bits per heavy atom. The molecule has 0 aliphatic rings. The first kappa shape index (κ1) is 17.3. The second kappa shape index (κ2) is 6.57. The highest BCUT2D eigenvalue weighted by atomic mass is 16.3. The van der Waals surface area contributed by atoms with Gasteiger partial charge < -0.3 is 20.6 Å². The molecule has 0 bridgehead atoms. The summed E-state index contributed by atoms with van der Waals surface area (Å²) in [6, 6.07) is 6.27. The normalized spacial score (nSPS) is 12.7. The van der Waals surface area contributed by atoms with Crippen molar-refractivity contribution in [2.45, 2.75) is 0 Å². The summed E-state index contributed by atoms with van der Waals surface area (Å²) in [6.45, 7) is 1.59. The van der Waals surface area contributed by atoms with E-state index in [1.54, 1.807) is 10.7 Å². The molecule has 0 saturated carbocycles. The molecule has 1 aromatic heterocycles. The Bertz CT molecular complexity index is 1270. The average Bonchev–Trinajstić information content (AvgIpc) is 2.98. The van der Waals surface area contributed by atoms with Crippen LogP contribution in [-0.4, -0.2) is 51.3 Å². The molecule has 27 heavy (non-hydrogen) atoms. The second-order valence-electron chi connectivity index (χ2n) is 6.44. The zero-order valence-electron chi connectivity index (χ0n) is 14.8. The van der Waals surface area contributed by atoms with E-state index >= 15 is 0 Å². The maximum Gasteiger partial charge on any atom is 0.189 e. The SMILES string of the molecule is Cn1[nH]c2c3c(=O)ccc(O)c3c(O)c3c(=NCCNCCO)ccc1c32. The fourth-order valence-electron chi connectivity index (χ4n) is 3.59. The van der Waals surface area contributed by atoms with E-state index in [2.05, 4.69) is 15.4 Å². The minimum absolute atomic E-state index is 0.0581. The van der Waals surface area contributed by atoms with Gasteiger partial charge in [0.1, 0.15) is 11.5 Å². The number of hydrogen-bond acceptors (Lipinski definition) is 6. The van der Waals surface area contributed by atoms with Crippen LogP contribution in [0.2, 0.25) is 0 Å². The number of H-pyrrole nitrogens is 1. The number of benzene rings is 3. The van der Waals surface area contributed by atoms with E-state index in [4.69, 9.17) is 5.11 Å². The molecule has 0 aliphatic heterocycles. The Morgan fingerprint density at radius 1 is 1.07 bits per heavy atom. The van der Waals surface area contributed by atoms with Crippen LogP contribution in [0.25, 0.3) is 32.6 Å². The van der Waals surface area contributed by atoms with E-state index in [0.717, 1.165) is 5.52 Å². The third-order valence-electron chi connectivity index (χ3n) is 4.78. The van der Waals surface area contributed by atoms with Crippen LogP contribution in [0.4, 0.5) is 0 Å². The predicted molar refractivity (Wildman–Crippen MR) is 103 cm³/mol. The first-order valence-corrected chi connectivity index (χ1v) is 8.68. The number of aliphatic hydroxyl groups excluding tert-OH is 1. The van der Waals surface area contributed by atoms with Crippen LogP contribution in [0, 0.1) is 0 Å². The zero-order chi connectivity index (χ0) is 19.1. The predicted octanol–water partition coefficient (Wildman–Crippen LogP) is 0.505. The van der Waals surface area contributed by atoms with Crippen molar-refractivity contribution in [1.82, 2.24) is 15.1 Å². The Kier molecular flexibility index (Phi) is 4.21. The van der Waals surface area contributed by atoms with Crippen molar-refractivity contribution in [3.63, 3.8) is 0 Å². The Hall–Kier alpha value is -3.10. The van der Waals surface area contributed by atoms with Gasteiger partial charge in [0.05, 0.1) is 45.7 Å². The molecule has 1 heterocycles. The topological polar surface area (TPSA) is 123 Å². The second-order valence-corrected chi connectivity index (χ2v) is 6.44. The zero-order valence-corrected chi connectivity index (χ0v) is 14.8. The number of aromatic amines is 1. The van der Waals surface area contributed by atoms with Crippen LogP contribution in [0.15, 0.2) is 34.1 Å². The summed E-state index contributed by atoms with van der Waals surface area (Å²) < 4.78 is 1.77. The van der Waals surface area contributed by atoms with Gasteiger partial charge in [-0.3, -0.25) is 19.6 Å². The number of rotatable bonds is 5. The maximum atomic E-state index is 12.5. The first-order chi connectivity index (χ1) is 13.0. The van der Waals surface area contributed by atoms with Crippen LogP contribution in [0.5, 0.6) is 11.5 Å². The molecule has 0 amide bonds. The number of hydrogen-bond donors (Lipinski definition) is 5. The monoisotopic (exact) mass is 368 g/mol. The molecule has 3 aromatic carbocycles. The Labute approximate surface area is 153 Å². The summed E-state index contributed by atoms with van der Waals surface area (Å²) in [4.78, 5) is 17.0. The summed E-state index contributed by atoms with van der Waals surface area (Å²) in [5.74, 6) is -0.308. The van der Waals surface area contributed by atoms with E-state index in [0.29, 0.717) is 41.3 Å². The number of aliphatic hydroxyl groups is 1. The summed E-state index contributed by atoms with van der Waals surface area (Å²) in [6.07, 6.45) is 0. The van der Waals surface area contributed by atoms with Crippen LogP contribution in [0.1, 0.15) is 0 Å². The van der Waals surface area contributed by atoms with Crippen molar-refractivity contribution < 1.29 is 15.3 Å². The number of phenols is 2. The van der Waals surface area contributed by atoms with E-state index in [1.165, 1.54) is 12.1 Å². The number of phenolic OH excluding ortho intramolecular Hbond substituents is 2. The van der Waals surface area contributed by atoms with Gasteiger partial charge in [-0.25, -0.2) is 0 Å². The fraction of sp³-hybridized carbons (Fsp3) is 0.263. The van der Waals surface area contributed by atoms with Crippen LogP contribution in [-0.2, 0) is 7.05 Å². The van der Waals surface area contributed by atoms with Gasteiger partial charge in [-0.15, -0.1) is 0 Å². The lowest BCUT2D eigenvalue weighted by Crippen LogP contribution is -2.22. The molecule has 0 saturated heterocycles. The summed E-state index contributed by atoms with van der Waals surface area (Å²) in [5.41, 5.74) is 1.10. The van der Waals surface area contributed by atoms with Crippen molar-refractivity contribution >= 4 is 32.6 Å². The van der Waals surface area contributed by atoms with Gasteiger partial charge in [-0.05, 0) is 24.3 Å². The van der Waals surface area contributed by atoms with Gasteiger partial charge in [0, 0.05) is 25.5 Å². The molecule has 140 valence electrons. The third-order valence-corrected chi connectivity index (χ3v) is 4.78. The molecule has 8 nitrogen and oxygen atoms in total. The molecule has 4 aromatic rings. The van der Waals surface area contributed by atoms with Gasteiger partial charge in [0.15, 0.2) is 5.43 Å². The van der Waals surface area contributed by atoms with Gasteiger partial charge in [0.25, 0.3) is 0 Å². The van der Waals surface area contributed by atoms with Gasteiger partial charge in [-0.2, -0.15) is 0 Å². The Morgan fingerprint density at radius 3 is 2.67 bits per heavy atom. The minimum atomic E-state index is -0.278. The molecular formula is C19H20N4O4. The number of aromatic nitrogens is 2. The number of aromatic hydroxyl groups is 2. The van der Waals surface area contributed by atoms with Crippen molar-refractivity contribution in [2.75, 3.05) is 26.2 Å². The largest absolute Gasteiger partial charge is 0.507 e. The molecule has 5 N–H and O–H groups in total. The van der Waals surface area contributed by atoms with E-state index in [-0.39, 0.29) is 34.3 Å². The van der Waals surface area contributed by atoms with Crippen LogP contribution in [0.3, 0.4) is 0 Å². The van der Waals surface area contributed by atoms with Crippen LogP contribution >= 0.6 is 0 Å². The van der Waals surface area contributed by atoms with Crippen molar-refractivity contribution in [1.29, 1.82) is 0 Å². The van der Waals surface area contributed by atoms with Gasteiger partial charge >= 0.3 is 0 Å². The highest BCUT2D eigenvalue weighted by molar-refractivity contribution is 6.23. The smallest absolute Gasteiger partial charge is 0.189 e. The molecule has 0 fully saturated rings. The highest BCUT2D eigenvalue weighted by Crippen LogP contribution is 2.40. The lowest BCUT2D eigenvalue weighted by molar-refractivity contribution is 0.293. The minimum Gasteiger partial charge on any atom is -0.507 e. The summed E-state index contributed by atoms with van der Waals surface area (Å²) in [5, 5.41) is 38.4. The molecule has 8 heteroatoms. The molecule has 0 unspecified atom stereocenters. The van der Waals surface area contributed by atoms with Crippen LogP contribution < -0.4 is 16.1 Å². The van der Waals surface area contributed by atoms with E-state index < -0.39 is 0 Å². The molecule has 0 aliphatic carbocycles. The summed E-state index contributed by atoms with van der Waals surface area (Å²) in [7, 11) is 1.82. The Balaban J connectivity index is 2.08.